The molecule has 0 aliphatic heterocycles. The Morgan fingerprint density at radius 1 is 1.12 bits per heavy atom. The van der Waals surface area contributed by atoms with Gasteiger partial charge in [-0.1, -0.05) is 0 Å². The van der Waals surface area contributed by atoms with Gasteiger partial charge in [-0.2, -0.15) is 0 Å². The van der Waals surface area contributed by atoms with Crippen LogP contribution in [0.25, 0.3) is 21.6 Å². The van der Waals surface area contributed by atoms with Gasteiger partial charge in [-0.25, -0.2) is 15.0 Å². The Balaban J connectivity index is 2.06. The fraction of sp³-hybridized carbons (Fsp3) is 0.0833. The summed E-state index contributed by atoms with van der Waals surface area (Å²) < 4.78 is 0. The minimum Gasteiger partial charge on any atom is -0.249 e. The standard InChI is InChI=1S/C12H9N3S2/c1-16-11-5-2-8(6-13-11)9-3-4-10-12(15-9)17-7-14-10/h2-7H,1H3. The van der Waals surface area contributed by atoms with E-state index < -0.39 is 0 Å². The number of fused-ring (bicyclic) bond motifs is 1. The van der Waals surface area contributed by atoms with Gasteiger partial charge < -0.3 is 0 Å². The number of nitrogens with zero attached hydrogens (tertiary/aromatic N) is 3. The maximum Gasteiger partial charge on any atom is 0.143 e. The average Bonchev–Trinajstić information content (AvgIpc) is 2.86. The Bertz CT molecular complexity index is 646. The van der Waals surface area contributed by atoms with Crippen LogP contribution in [0.4, 0.5) is 0 Å². The zero-order valence-electron chi connectivity index (χ0n) is 9.12. The van der Waals surface area contributed by atoms with Gasteiger partial charge in [0.1, 0.15) is 4.83 Å². The molecule has 3 nitrogen and oxygen atoms in total. The monoisotopic (exact) mass is 259 g/mol. The minimum absolute atomic E-state index is 0.946. The lowest BCUT2D eigenvalue weighted by Gasteiger charge is -2.01. The molecule has 0 bridgehead atoms. The fourth-order valence-corrected chi connectivity index (χ4v) is 2.59. The minimum atomic E-state index is 0.946. The lowest BCUT2D eigenvalue weighted by molar-refractivity contribution is 1.14. The number of hydrogen-bond donors (Lipinski definition) is 0. The molecule has 0 unspecified atom stereocenters. The summed E-state index contributed by atoms with van der Waals surface area (Å²) in [4.78, 5) is 14.1. The van der Waals surface area contributed by atoms with Gasteiger partial charge >= 0.3 is 0 Å². The van der Waals surface area contributed by atoms with Gasteiger partial charge in [-0.05, 0) is 30.5 Å². The largest absolute Gasteiger partial charge is 0.249 e. The molecule has 0 saturated heterocycles. The zero-order valence-corrected chi connectivity index (χ0v) is 10.8. The molecule has 3 aromatic heterocycles. The number of pyridine rings is 2. The van der Waals surface area contributed by atoms with E-state index in [-0.39, 0.29) is 0 Å². The van der Waals surface area contributed by atoms with Crippen LogP contribution >= 0.6 is 23.1 Å². The first-order chi connectivity index (χ1) is 8.36. The van der Waals surface area contributed by atoms with Crippen molar-refractivity contribution in [2.75, 3.05) is 6.26 Å². The Labute approximate surface area is 107 Å². The predicted octanol–water partition coefficient (Wildman–Crippen LogP) is 3.48. The van der Waals surface area contributed by atoms with Crippen molar-refractivity contribution in [3.8, 4) is 11.3 Å². The van der Waals surface area contributed by atoms with Crippen LogP contribution in [0.3, 0.4) is 0 Å². The maximum atomic E-state index is 4.57. The molecule has 0 aromatic carbocycles. The summed E-state index contributed by atoms with van der Waals surface area (Å²) in [5.74, 6) is 0. The molecule has 0 aliphatic carbocycles. The quantitative estimate of drug-likeness (QED) is 0.660. The molecule has 0 aliphatic rings. The van der Waals surface area contributed by atoms with Gasteiger partial charge in [0.2, 0.25) is 0 Å². The lowest BCUT2D eigenvalue weighted by Crippen LogP contribution is -1.85. The molecule has 17 heavy (non-hydrogen) atoms. The van der Waals surface area contributed by atoms with Crippen LogP contribution in [0, 0.1) is 0 Å². The van der Waals surface area contributed by atoms with E-state index in [0.29, 0.717) is 0 Å². The van der Waals surface area contributed by atoms with Crippen molar-refractivity contribution in [1.82, 2.24) is 15.0 Å². The van der Waals surface area contributed by atoms with E-state index >= 15 is 0 Å². The molecule has 0 saturated carbocycles. The van der Waals surface area contributed by atoms with E-state index in [2.05, 4.69) is 15.0 Å². The molecule has 5 heteroatoms. The normalized spacial score (nSPS) is 10.9. The van der Waals surface area contributed by atoms with Crippen LogP contribution in [-0.2, 0) is 0 Å². The number of aromatic nitrogens is 3. The summed E-state index contributed by atoms with van der Waals surface area (Å²) in [5.41, 5.74) is 4.75. The maximum absolute atomic E-state index is 4.57. The number of thioether (sulfide) groups is 1. The third-order valence-corrected chi connectivity index (χ3v) is 3.83. The molecule has 3 heterocycles. The second kappa shape index (κ2) is 4.43. The highest BCUT2D eigenvalue weighted by molar-refractivity contribution is 7.98. The van der Waals surface area contributed by atoms with E-state index in [9.17, 15) is 0 Å². The summed E-state index contributed by atoms with van der Waals surface area (Å²) in [6, 6.07) is 8.04. The van der Waals surface area contributed by atoms with Crippen LogP contribution in [0.1, 0.15) is 0 Å². The van der Waals surface area contributed by atoms with Gasteiger partial charge in [-0.3, -0.25) is 0 Å². The van der Waals surface area contributed by atoms with E-state index in [1.165, 1.54) is 0 Å². The second-order valence-electron chi connectivity index (χ2n) is 3.46. The first-order valence-corrected chi connectivity index (χ1v) is 7.18. The first kappa shape index (κ1) is 10.7. The van der Waals surface area contributed by atoms with Crippen molar-refractivity contribution in [2.45, 2.75) is 5.03 Å². The molecular weight excluding hydrogens is 250 g/mol. The molecule has 0 fully saturated rings. The molecule has 0 amide bonds. The van der Waals surface area contributed by atoms with Crippen LogP contribution in [-0.4, -0.2) is 21.2 Å². The van der Waals surface area contributed by atoms with Crippen LogP contribution in [0.15, 0.2) is 41.0 Å². The van der Waals surface area contributed by atoms with Gasteiger partial charge in [0.15, 0.2) is 0 Å². The summed E-state index contributed by atoms with van der Waals surface area (Å²) in [5, 5.41) is 1.02. The van der Waals surface area contributed by atoms with Gasteiger partial charge in [0, 0.05) is 11.8 Å². The number of thiazole rings is 1. The molecule has 0 atom stereocenters. The fourth-order valence-electron chi connectivity index (χ4n) is 1.56. The molecule has 0 N–H and O–H groups in total. The molecule has 84 valence electrons. The summed E-state index contributed by atoms with van der Waals surface area (Å²) >= 11 is 3.19. The molecule has 3 aromatic rings. The van der Waals surface area contributed by atoms with Crippen molar-refractivity contribution in [1.29, 1.82) is 0 Å². The summed E-state index contributed by atoms with van der Waals surface area (Å²) in [7, 11) is 0. The van der Waals surface area contributed by atoms with Gasteiger partial charge in [0.25, 0.3) is 0 Å². The highest BCUT2D eigenvalue weighted by Gasteiger charge is 2.03. The Morgan fingerprint density at radius 2 is 2.06 bits per heavy atom. The number of rotatable bonds is 2. The van der Waals surface area contributed by atoms with E-state index in [4.69, 9.17) is 0 Å². The van der Waals surface area contributed by atoms with Crippen LogP contribution in [0.5, 0.6) is 0 Å². The van der Waals surface area contributed by atoms with Crippen molar-refractivity contribution in [2.24, 2.45) is 0 Å². The lowest BCUT2D eigenvalue weighted by atomic mass is 10.2. The topological polar surface area (TPSA) is 38.7 Å². The average molecular weight is 259 g/mol. The van der Waals surface area contributed by atoms with Crippen molar-refractivity contribution in [3.05, 3.63) is 36.0 Å². The highest BCUT2D eigenvalue weighted by atomic mass is 32.2. The van der Waals surface area contributed by atoms with Crippen molar-refractivity contribution >= 4 is 33.4 Å². The van der Waals surface area contributed by atoms with E-state index in [1.807, 2.05) is 42.2 Å². The Morgan fingerprint density at radius 3 is 2.82 bits per heavy atom. The first-order valence-electron chi connectivity index (χ1n) is 5.07. The number of hydrogen-bond acceptors (Lipinski definition) is 5. The molecule has 3 rings (SSSR count). The Kier molecular flexibility index (Phi) is 2.78. The molecular formula is C12H9N3S2. The van der Waals surface area contributed by atoms with E-state index in [1.54, 1.807) is 23.1 Å². The van der Waals surface area contributed by atoms with Gasteiger partial charge in [-0.15, -0.1) is 23.1 Å². The zero-order chi connectivity index (χ0) is 11.7. The molecule has 0 spiro atoms. The predicted molar refractivity (Wildman–Crippen MR) is 72.4 cm³/mol. The summed E-state index contributed by atoms with van der Waals surface area (Å²) in [6.45, 7) is 0. The van der Waals surface area contributed by atoms with E-state index in [0.717, 1.165) is 26.6 Å². The smallest absolute Gasteiger partial charge is 0.143 e. The summed E-state index contributed by atoms with van der Waals surface area (Å²) in [6.07, 6.45) is 3.88. The third kappa shape index (κ3) is 2.03. The van der Waals surface area contributed by atoms with Crippen molar-refractivity contribution < 1.29 is 0 Å². The Hall–Kier alpha value is -1.46. The highest BCUT2D eigenvalue weighted by Crippen LogP contribution is 2.23. The van der Waals surface area contributed by atoms with Crippen LogP contribution < -0.4 is 0 Å². The second-order valence-corrected chi connectivity index (χ2v) is 5.12. The third-order valence-electron chi connectivity index (χ3n) is 2.44. The van der Waals surface area contributed by atoms with Crippen LogP contribution in [0.2, 0.25) is 0 Å². The van der Waals surface area contributed by atoms with Crippen molar-refractivity contribution in [3.63, 3.8) is 0 Å². The van der Waals surface area contributed by atoms with Gasteiger partial charge in [0.05, 0.1) is 21.7 Å². The molecule has 0 radical (unpaired) electrons. The SMILES string of the molecule is CSc1ccc(-c2ccc3ncsc3n2)cn1.